The van der Waals surface area contributed by atoms with E-state index in [2.05, 4.69) is 0 Å². The zero-order valence-electron chi connectivity index (χ0n) is 16.0. The number of ether oxygens (including phenoxy) is 3. The lowest BCUT2D eigenvalue weighted by atomic mass is 10.0. The largest absolute Gasteiger partial charge is 0.507 e. The summed E-state index contributed by atoms with van der Waals surface area (Å²) in [6.07, 6.45) is 2.49. The summed E-state index contributed by atoms with van der Waals surface area (Å²) in [7, 11) is 4.50. The molecule has 0 unspecified atom stereocenters. The first kappa shape index (κ1) is 18.6. The summed E-state index contributed by atoms with van der Waals surface area (Å²) in [6, 6.07) is 4.68. The third-order valence-electron chi connectivity index (χ3n) is 4.43. The lowest BCUT2D eigenvalue weighted by Gasteiger charge is -2.14. The molecular formula is C21H22O6. The van der Waals surface area contributed by atoms with Crippen molar-refractivity contribution in [1.82, 2.24) is 0 Å². The van der Waals surface area contributed by atoms with Crippen LogP contribution in [-0.2, 0) is 6.42 Å². The van der Waals surface area contributed by atoms with E-state index in [1.54, 1.807) is 12.1 Å². The Bertz CT molecular complexity index is 1100. The van der Waals surface area contributed by atoms with Gasteiger partial charge in [0, 0.05) is 11.6 Å². The highest BCUT2D eigenvalue weighted by Gasteiger charge is 2.22. The van der Waals surface area contributed by atoms with Gasteiger partial charge in [-0.2, -0.15) is 0 Å². The van der Waals surface area contributed by atoms with Crippen molar-refractivity contribution in [3.63, 3.8) is 0 Å². The van der Waals surface area contributed by atoms with Crippen LogP contribution in [0.1, 0.15) is 19.4 Å². The summed E-state index contributed by atoms with van der Waals surface area (Å²) in [5.41, 5.74) is 1.98. The molecule has 0 amide bonds. The summed E-state index contributed by atoms with van der Waals surface area (Å²) in [4.78, 5) is 13.1. The third kappa shape index (κ3) is 3.07. The predicted molar refractivity (Wildman–Crippen MR) is 104 cm³/mol. The number of methoxy groups -OCH3 is 3. The van der Waals surface area contributed by atoms with Crippen molar-refractivity contribution in [2.75, 3.05) is 21.3 Å². The van der Waals surface area contributed by atoms with E-state index in [9.17, 15) is 9.90 Å². The second-order valence-electron chi connectivity index (χ2n) is 6.38. The normalized spacial score (nSPS) is 10.9. The van der Waals surface area contributed by atoms with Crippen LogP contribution in [0.15, 0.2) is 39.1 Å². The average molecular weight is 370 g/mol. The number of phenols is 1. The fourth-order valence-electron chi connectivity index (χ4n) is 3.09. The second kappa shape index (κ2) is 7.23. The summed E-state index contributed by atoms with van der Waals surface area (Å²) < 4.78 is 22.2. The fraction of sp³-hybridized carbons (Fsp3) is 0.286. The molecule has 0 spiro atoms. The predicted octanol–water partition coefficient (Wildman–Crippen LogP) is 4.19. The van der Waals surface area contributed by atoms with Gasteiger partial charge in [-0.05, 0) is 32.4 Å². The van der Waals surface area contributed by atoms with Crippen molar-refractivity contribution in [2.45, 2.75) is 20.3 Å². The Morgan fingerprint density at radius 2 is 1.78 bits per heavy atom. The molecule has 1 heterocycles. The minimum absolute atomic E-state index is 0.118. The minimum Gasteiger partial charge on any atom is -0.507 e. The van der Waals surface area contributed by atoms with Gasteiger partial charge >= 0.3 is 0 Å². The lowest BCUT2D eigenvalue weighted by molar-refractivity contribution is 0.353. The lowest BCUT2D eigenvalue weighted by Crippen LogP contribution is -2.06. The highest BCUT2D eigenvalue weighted by Crippen LogP contribution is 2.40. The van der Waals surface area contributed by atoms with Gasteiger partial charge in [0.1, 0.15) is 22.5 Å². The molecule has 6 heteroatoms. The van der Waals surface area contributed by atoms with Gasteiger partial charge in [0.05, 0.1) is 26.7 Å². The molecule has 3 rings (SSSR count). The van der Waals surface area contributed by atoms with E-state index in [-0.39, 0.29) is 27.7 Å². The molecular weight excluding hydrogens is 348 g/mol. The first-order valence-electron chi connectivity index (χ1n) is 8.46. The van der Waals surface area contributed by atoms with E-state index in [0.717, 1.165) is 5.57 Å². The molecule has 0 saturated heterocycles. The molecule has 1 N–H and O–H groups in total. The molecule has 0 aliphatic rings. The summed E-state index contributed by atoms with van der Waals surface area (Å²) in [5, 5.41) is 10.9. The van der Waals surface area contributed by atoms with Crippen LogP contribution in [0.2, 0.25) is 0 Å². The maximum atomic E-state index is 13.1. The molecule has 0 radical (unpaired) electrons. The Hall–Kier alpha value is -3.15. The van der Waals surface area contributed by atoms with Gasteiger partial charge < -0.3 is 23.7 Å². The molecule has 6 nitrogen and oxygen atoms in total. The van der Waals surface area contributed by atoms with Gasteiger partial charge in [0.2, 0.25) is 11.2 Å². The van der Waals surface area contributed by atoms with E-state index in [1.807, 2.05) is 19.9 Å². The smallest absolute Gasteiger partial charge is 0.204 e. The Kier molecular flexibility index (Phi) is 4.99. The first-order chi connectivity index (χ1) is 12.9. The van der Waals surface area contributed by atoms with Gasteiger partial charge in [0.25, 0.3) is 0 Å². The summed E-state index contributed by atoms with van der Waals surface area (Å²) >= 11 is 0. The maximum absolute atomic E-state index is 13.1. The van der Waals surface area contributed by atoms with Crippen LogP contribution >= 0.6 is 0 Å². The molecule has 27 heavy (non-hydrogen) atoms. The number of benzene rings is 2. The maximum Gasteiger partial charge on any atom is 0.204 e. The zero-order chi connectivity index (χ0) is 19.7. The number of rotatable bonds is 5. The highest BCUT2D eigenvalue weighted by atomic mass is 16.5. The molecule has 0 aliphatic carbocycles. The molecule has 2 aromatic carbocycles. The average Bonchev–Trinajstić information content (AvgIpc) is 2.65. The van der Waals surface area contributed by atoms with E-state index in [1.165, 1.54) is 27.4 Å². The third-order valence-corrected chi connectivity index (χ3v) is 4.43. The number of allylic oxidation sites excluding steroid dienone is 2. The van der Waals surface area contributed by atoms with Crippen LogP contribution in [0.5, 0.6) is 23.0 Å². The number of hydrogen-bond acceptors (Lipinski definition) is 6. The van der Waals surface area contributed by atoms with E-state index < -0.39 is 0 Å². The fourth-order valence-corrected chi connectivity index (χ4v) is 3.09. The number of hydrogen-bond donors (Lipinski definition) is 1. The standard InChI is InChI=1S/C21H22O6/c1-11(2)6-7-12-16(25-4)10-14(22)17-18(23)13-8-9-15(24-3)21(26-5)20(13)27-19(12)17/h6,8-10,22H,7H2,1-5H3. The van der Waals surface area contributed by atoms with Gasteiger partial charge in [-0.3, -0.25) is 4.79 Å². The number of aromatic hydroxyl groups is 1. The summed E-state index contributed by atoms with van der Waals surface area (Å²) in [6.45, 7) is 3.96. The SMILES string of the molecule is COc1ccc2c(=O)c3c(O)cc(OC)c(CC=C(C)C)c3oc2c1OC. The Morgan fingerprint density at radius 1 is 1.07 bits per heavy atom. The number of fused-ring (bicyclic) bond motifs is 2. The Morgan fingerprint density at radius 3 is 2.37 bits per heavy atom. The Balaban J connectivity index is 2.52. The molecule has 0 saturated carbocycles. The van der Waals surface area contributed by atoms with E-state index >= 15 is 0 Å². The van der Waals surface area contributed by atoms with Gasteiger partial charge in [-0.25, -0.2) is 0 Å². The van der Waals surface area contributed by atoms with E-state index in [4.69, 9.17) is 18.6 Å². The van der Waals surface area contributed by atoms with Crippen molar-refractivity contribution >= 4 is 21.9 Å². The molecule has 3 aromatic rings. The van der Waals surface area contributed by atoms with Crippen LogP contribution in [0, 0.1) is 0 Å². The molecule has 0 atom stereocenters. The van der Waals surface area contributed by atoms with Gasteiger partial charge in [-0.15, -0.1) is 0 Å². The van der Waals surface area contributed by atoms with Crippen LogP contribution < -0.4 is 19.6 Å². The molecule has 0 aliphatic heterocycles. The van der Waals surface area contributed by atoms with E-state index in [0.29, 0.717) is 34.6 Å². The topological polar surface area (TPSA) is 78.1 Å². The molecule has 1 aromatic heterocycles. The van der Waals surface area contributed by atoms with Gasteiger partial charge in [0.15, 0.2) is 11.3 Å². The van der Waals surface area contributed by atoms with Crippen molar-refractivity contribution in [1.29, 1.82) is 0 Å². The quantitative estimate of drug-likeness (QED) is 0.536. The van der Waals surface area contributed by atoms with Crippen LogP contribution in [0.4, 0.5) is 0 Å². The zero-order valence-corrected chi connectivity index (χ0v) is 16.0. The van der Waals surface area contributed by atoms with Crippen LogP contribution in [-0.4, -0.2) is 26.4 Å². The highest BCUT2D eigenvalue weighted by molar-refractivity contribution is 5.98. The van der Waals surface area contributed by atoms with Crippen LogP contribution in [0.25, 0.3) is 21.9 Å². The minimum atomic E-state index is -0.342. The van der Waals surface area contributed by atoms with Crippen LogP contribution in [0.3, 0.4) is 0 Å². The van der Waals surface area contributed by atoms with Crippen molar-refractivity contribution in [3.05, 3.63) is 45.6 Å². The Labute approximate surface area is 156 Å². The first-order valence-corrected chi connectivity index (χ1v) is 8.46. The van der Waals surface area contributed by atoms with Crippen molar-refractivity contribution in [2.24, 2.45) is 0 Å². The number of phenolic OH excluding ortho intramolecular Hbond substituents is 1. The molecule has 0 bridgehead atoms. The second-order valence-corrected chi connectivity index (χ2v) is 6.38. The monoisotopic (exact) mass is 370 g/mol. The van der Waals surface area contributed by atoms with Crippen molar-refractivity contribution in [3.8, 4) is 23.0 Å². The van der Waals surface area contributed by atoms with Gasteiger partial charge in [-0.1, -0.05) is 11.6 Å². The van der Waals surface area contributed by atoms with Crippen molar-refractivity contribution < 1.29 is 23.7 Å². The molecule has 0 fully saturated rings. The summed E-state index contributed by atoms with van der Waals surface area (Å²) in [5.74, 6) is 1.03. The molecule has 142 valence electrons.